The van der Waals surface area contributed by atoms with Crippen LogP contribution in [0.25, 0.3) is 22.7 Å². The largest absolute Gasteiger partial charge is 0.497 e. The third kappa shape index (κ3) is 3.44. The third-order valence-electron chi connectivity index (χ3n) is 7.52. The molecule has 0 fully saturated rings. The molecule has 0 spiro atoms. The van der Waals surface area contributed by atoms with E-state index in [0.717, 1.165) is 56.8 Å². The lowest BCUT2D eigenvalue weighted by molar-refractivity contribution is 0.414. The molecule has 3 aromatic carbocycles. The van der Waals surface area contributed by atoms with Gasteiger partial charge in [-0.05, 0) is 60.7 Å². The number of nitrogens with one attached hydrogen (secondary N) is 1. The van der Waals surface area contributed by atoms with Gasteiger partial charge in [0.1, 0.15) is 5.75 Å². The predicted molar refractivity (Wildman–Crippen MR) is 149 cm³/mol. The van der Waals surface area contributed by atoms with Gasteiger partial charge in [0.15, 0.2) is 4.80 Å². The minimum Gasteiger partial charge on any atom is -0.497 e. The number of hydrogen-bond acceptors (Lipinski definition) is 4. The number of hydrogen-bond donors (Lipinski definition) is 1. The van der Waals surface area contributed by atoms with Gasteiger partial charge in [-0.2, -0.15) is 0 Å². The summed E-state index contributed by atoms with van der Waals surface area (Å²) in [5.74, 6) is 0.800. The monoisotopic (exact) mass is 503 g/mol. The first-order chi connectivity index (χ1) is 18.1. The molecule has 37 heavy (non-hydrogen) atoms. The Morgan fingerprint density at radius 2 is 1.81 bits per heavy atom. The van der Waals surface area contributed by atoms with E-state index in [0.29, 0.717) is 4.53 Å². The van der Waals surface area contributed by atoms with E-state index in [1.54, 1.807) is 7.11 Å². The van der Waals surface area contributed by atoms with Gasteiger partial charge < -0.3 is 9.72 Å². The zero-order valence-corrected chi connectivity index (χ0v) is 21.4. The zero-order chi connectivity index (χ0) is 25.1. The number of aromatic nitrogens is 2. The molecule has 2 aromatic heterocycles. The quantitative estimate of drug-likeness (QED) is 0.372. The minimum absolute atomic E-state index is 0.000317. The maximum atomic E-state index is 14.0. The molecule has 182 valence electrons. The number of aromatic amines is 1. The number of ether oxygens (including phenoxy) is 1. The average Bonchev–Trinajstić information content (AvgIpc) is 3.42. The van der Waals surface area contributed by atoms with Gasteiger partial charge in [0.2, 0.25) is 0 Å². The number of rotatable bonds is 3. The van der Waals surface area contributed by atoms with Crippen LogP contribution in [0, 0.1) is 6.92 Å². The van der Waals surface area contributed by atoms with Gasteiger partial charge in [0.05, 0.1) is 23.4 Å². The molecule has 1 atom stereocenters. The molecule has 7 rings (SSSR count). The van der Waals surface area contributed by atoms with Crippen LogP contribution >= 0.6 is 11.3 Å². The molecular weight excluding hydrogens is 478 g/mol. The second-order valence-electron chi connectivity index (χ2n) is 9.60. The highest BCUT2D eigenvalue weighted by atomic mass is 32.1. The van der Waals surface area contributed by atoms with Crippen molar-refractivity contribution in [2.45, 2.75) is 25.8 Å². The van der Waals surface area contributed by atoms with Gasteiger partial charge in [-0.15, -0.1) is 0 Å². The molecule has 0 radical (unpaired) electrons. The Morgan fingerprint density at radius 3 is 2.65 bits per heavy atom. The lowest BCUT2D eigenvalue weighted by atomic mass is 9.83. The maximum absolute atomic E-state index is 14.0. The predicted octanol–water partition coefficient (Wildman–Crippen LogP) is 5.12. The molecule has 2 aliphatic rings. The first-order valence-corrected chi connectivity index (χ1v) is 13.3. The summed E-state index contributed by atoms with van der Waals surface area (Å²) in [6.45, 7) is 2.05. The fourth-order valence-electron chi connectivity index (χ4n) is 5.72. The van der Waals surface area contributed by atoms with Crippen LogP contribution in [0.4, 0.5) is 0 Å². The first-order valence-electron chi connectivity index (χ1n) is 12.5. The van der Waals surface area contributed by atoms with Crippen molar-refractivity contribution in [1.29, 1.82) is 0 Å². The van der Waals surface area contributed by atoms with E-state index >= 15 is 0 Å². The summed E-state index contributed by atoms with van der Waals surface area (Å²) in [6, 6.07) is 24.6. The van der Waals surface area contributed by atoms with Gasteiger partial charge in [-0.1, -0.05) is 65.9 Å². The van der Waals surface area contributed by atoms with Crippen LogP contribution in [0.15, 0.2) is 88.2 Å². The molecule has 1 N–H and O–H groups in total. The highest BCUT2D eigenvalue weighted by Crippen LogP contribution is 2.41. The Balaban J connectivity index is 1.50. The van der Waals surface area contributed by atoms with Crippen LogP contribution in [-0.4, -0.2) is 16.7 Å². The van der Waals surface area contributed by atoms with Crippen LogP contribution in [-0.2, 0) is 6.42 Å². The van der Waals surface area contributed by atoms with Gasteiger partial charge in [0.25, 0.3) is 5.56 Å². The summed E-state index contributed by atoms with van der Waals surface area (Å²) in [6.07, 6.45) is 3.84. The molecule has 3 heterocycles. The zero-order valence-electron chi connectivity index (χ0n) is 20.6. The van der Waals surface area contributed by atoms with E-state index in [1.807, 2.05) is 34.9 Å². The number of aryl methyl sites for hydroxylation is 2. The van der Waals surface area contributed by atoms with E-state index in [1.165, 1.54) is 28.0 Å². The van der Waals surface area contributed by atoms with E-state index in [2.05, 4.69) is 60.4 Å². The first kappa shape index (κ1) is 22.1. The van der Waals surface area contributed by atoms with Crippen LogP contribution in [0.1, 0.15) is 40.4 Å². The summed E-state index contributed by atoms with van der Waals surface area (Å²) < 4.78 is 8.00. The highest BCUT2D eigenvalue weighted by molar-refractivity contribution is 7.07. The summed E-state index contributed by atoms with van der Waals surface area (Å²) in [5.41, 5.74) is 8.94. The molecule has 1 aliphatic carbocycles. The number of thiazole rings is 1. The molecule has 0 saturated carbocycles. The molecule has 5 nitrogen and oxygen atoms in total. The van der Waals surface area contributed by atoms with Crippen LogP contribution < -0.4 is 19.6 Å². The second kappa shape index (κ2) is 8.46. The maximum Gasteiger partial charge on any atom is 0.271 e. The van der Waals surface area contributed by atoms with Crippen molar-refractivity contribution >= 4 is 34.0 Å². The van der Waals surface area contributed by atoms with Gasteiger partial charge in [-0.3, -0.25) is 9.36 Å². The van der Waals surface area contributed by atoms with E-state index in [9.17, 15) is 4.79 Å². The highest BCUT2D eigenvalue weighted by Gasteiger charge is 2.32. The number of methoxy groups -OCH3 is 1. The lowest BCUT2D eigenvalue weighted by Gasteiger charge is -2.30. The van der Waals surface area contributed by atoms with E-state index in [-0.39, 0.29) is 11.6 Å². The van der Waals surface area contributed by atoms with Crippen molar-refractivity contribution in [3.8, 4) is 5.75 Å². The molecule has 1 aliphatic heterocycles. The van der Waals surface area contributed by atoms with Crippen LogP contribution in [0.3, 0.4) is 0 Å². The minimum atomic E-state index is -0.197. The van der Waals surface area contributed by atoms with Gasteiger partial charge in [-0.25, -0.2) is 4.99 Å². The summed E-state index contributed by atoms with van der Waals surface area (Å²) in [5, 5.41) is 1.12. The fourth-order valence-corrected chi connectivity index (χ4v) is 6.71. The number of allylic oxidation sites excluding steroid dienone is 1. The van der Waals surface area contributed by atoms with Crippen molar-refractivity contribution in [1.82, 2.24) is 9.55 Å². The van der Waals surface area contributed by atoms with E-state index in [4.69, 9.17) is 9.73 Å². The van der Waals surface area contributed by atoms with Gasteiger partial charge >= 0.3 is 0 Å². The Hall–Kier alpha value is -4.16. The number of para-hydroxylation sites is 1. The molecule has 6 heteroatoms. The topological polar surface area (TPSA) is 59.4 Å². The smallest absolute Gasteiger partial charge is 0.271 e. The van der Waals surface area contributed by atoms with Crippen molar-refractivity contribution < 1.29 is 4.74 Å². The molecular formula is C31H25N3O2S. The SMILES string of the molecule is COc1ccc([C@H]2C3=C(N=c4s/c(=C\c5c(C)[nH]c6ccccc56)c(=O)n42)c2ccccc2CC3)cc1. The lowest BCUT2D eigenvalue weighted by Crippen LogP contribution is -2.38. The van der Waals surface area contributed by atoms with Crippen molar-refractivity contribution in [3.63, 3.8) is 0 Å². The Bertz CT molecular complexity index is 1900. The summed E-state index contributed by atoms with van der Waals surface area (Å²) >= 11 is 1.47. The second-order valence-corrected chi connectivity index (χ2v) is 10.6. The fraction of sp³-hybridized carbons (Fsp3) is 0.161. The third-order valence-corrected chi connectivity index (χ3v) is 8.51. The van der Waals surface area contributed by atoms with Gasteiger partial charge in [0, 0.05) is 27.7 Å². The van der Waals surface area contributed by atoms with Crippen molar-refractivity contribution in [2.24, 2.45) is 4.99 Å². The summed E-state index contributed by atoms with van der Waals surface area (Å²) in [7, 11) is 1.67. The van der Waals surface area contributed by atoms with E-state index < -0.39 is 0 Å². The number of H-pyrrole nitrogens is 1. The molecule has 0 unspecified atom stereocenters. The van der Waals surface area contributed by atoms with Crippen molar-refractivity contribution in [3.05, 3.63) is 126 Å². The average molecular weight is 504 g/mol. The number of nitrogens with zero attached hydrogens (tertiary/aromatic N) is 2. The Kier molecular flexibility index (Phi) is 5.04. The Labute approximate surface area is 217 Å². The molecule has 0 bridgehead atoms. The Morgan fingerprint density at radius 1 is 1.03 bits per heavy atom. The molecule has 0 amide bonds. The number of fused-ring (bicyclic) bond motifs is 4. The summed E-state index contributed by atoms with van der Waals surface area (Å²) in [4.78, 5) is 23.3. The van der Waals surface area contributed by atoms with Crippen molar-refractivity contribution in [2.75, 3.05) is 7.11 Å². The molecule has 5 aromatic rings. The van der Waals surface area contributed by atoms with Crippen LogP contribution in [0.2, 0.25) is 0 Å². The normalized spacial score (nSPS) is 16.8. The number of benzene rings is 3. The standard InChI is InChI=1S/C31H25N3O2S/c1-18-25(23-9-5-6-10-26(23)32-18)17-27-30(35)34-29(20-11-14-21(36-2)15-12-20)24-16-13-19-7-3-4-8-22(19)28(24)33-31(34)37-27/h3-12,14-15,17,29,32H,13,16H2,1-2H3/b27-17-/t29-/m0/s1. The molecule has 0 saturated heterocycles. The van der Waals surface area contributed by atoms with Crippen LogP contribution in [0.5, 0.6) is 5.75 Å².